The summed E-state index contributed by atoms with van der Waals surface area (Å²) in [6, 6.07) is 115. The minimum Gasteiger partial charge on any atom is -0.311 e. The number of nitrogens with zero attached hydrogens (tertiary/aromatic N) is 3. The van der Waals surface area contributed by atoms with Gasteiger partial charge in [0.15, 0.2) is 0 Å². The van der Waals surface area contributed by atoms with E-state index >= 15 is 0 Å². The van der Waals surface area contributed by atoms with Gasteiger partial charge in [-0.15, -0.1) is 0 Å². The molecule has 0 saturated carbocycles. The minimum atomic E-state index is 1.09. The van der Waals surface area contributed by atoms with Crippen LogP contribution in [-0.2, 0) is 38.5 Å². The maximum atomic E-state index is 2.37. The van der Waals surface area contributed by atoms with Gasteiger partial charge in [-0.1, -0.05) is 182 Å². The van der Waals surface area contributed by atoms with Crippen LogP contribution in [0.3, 0.4) is 0 Å². The lowest BCUT2D eigenvalue weighted by atomic mass is 9.86. The van der Waals surface area contributed by atoms with Crippen molar-refractivity contribution >= 4 is 51.2 Å². The molecule has 0 atom stereocenters. The molecule has 3 aliphatic rings. The second-order valence-electron chi connectivity index (χ2n) is 23.5. The van der Waals surface area contributed by atoms with Gasteiger partial charge in [0.25, 0.3) is 0 Å². The van der Waals surface area contributed by atoms with Gasteiger partial charge in [0.2, 0.25) is 0 Å². The summed E-state index contributed by atoms with van der Waals surface area (Å²) in [5.41, 5.74) is 33.3. The highest BCUT2D eigenvalue weighted by atomic mass is 15.2. The number of fused-ring (bicyclic) bond motifs is 3. The number of anilines is 9. The van der Waals surface area contributed by atoms with Gasteiger partial charge in [-0.25, -0.2) is 0 Å². The second-order valence-corrected chi connectivity index (χ2v) is 23.5. The van der Waals surface area contributed by atoms with E-state index in [-0.39, 0.29) is 0 Å². The number of hydrogen-bond donors (Lipinski definition) is 0. The predicted molar refractivity (Wildman–Crippen MR) is 365 cm³/mol. The highest BCUT2D eigenvalue weighted by Crippen LogP contribution is 2.43. The van der Waals surface area contributed by atoms with E-state index in [1.807, 2.05) is 0 Å². The lowest BCUT2D eigenvalue weighted by Crippen LogP contribution is -2.10. The van der Waals surface area contributed by atoms with Crippen LogP contribution in [0.25, 0.3) is 66.8 Å². The Balaban J connectivity index is 0.753. The van der Waals surface area contributed by atoms with Gasteiger partial charge in [-0.3, -0.25) is 0 Å². The summed E-state index contributed by atoms with van der Waals surface area (Å²) in [5.74, 6) is 0. The van der Waals surface area contributed by atoms with Crippen molar-refractivity contribution in [3.63, 3.8) is 0 Å². The van der Waals surface area contributed by atoms with Crippen molar-refractivity contribution in [2.45, 2.75) is 38.5 Å². The quantitative estimate of drug-likeness (QED) is 0.101. The van der Waals surface area contributed by atoms with Crippen LogP contribution in [0.1, 0.15) is 33.4 Å². The third-order valence-electron chi connectivity index (χ3n) is 18.3. The molecule has 3 aliphatic carbocycles. The molecule has 0 heterocycles. The van der Waals surface area contributed by atoms with Crippen molar-refractivity contribution in [1.29, 1.82) is 0 Å². The van der Waals surface area contributed by atoms with Crippen molar-refractivity contribution in [2.75, 3.05) is 14.7 Å². The molecule has 0 spiro atoms. The molecule has 0 fully saturated rings. The van der Waals surface area contributed by atoms with Gasteiger partial charge in [0.1, 0.15) is 0 Å². The SMILES string of the molecule is c1ccc(N(c2ccc(-c3cc(-c4ccc(N(c5ccccc5)c5ccc(-c6ccc7c(c6)CC7)cc5)cc4)cc(-c4ccc(N(c5ccccc5)c5ccc(-c6ccc7c(c6)CC7)cc5)cc4)c3)cc2)c2ccc(-c3ccc4c(c3)CC4)cc2)cc1. The molecule has 0 saturated heterocycles. The van der Waals surface area contributed by atoms with E-state index in [0.717, 1.165) is 84.6 Å². The normalized spacial score (nSPS) is 12.6. The van der Waals surface area contributed by atoms with Crippen LogP contribution in [0, 0.1) is 0 Å². The molecule has 414 valence electrons. The number of aryl methyl sites for hydroxylation is 6. The standard InChI is InChI=1S/C84H63N3/c1-4-10-76(11-5-1)85(79-40-28-61(29-41-79)70-25-19-58-16-22-67(58)52-70)82-46-34-64(35-47-82)73-55-74(65-36-48-83(49-37-65)86(77-12-6-2-7-13-77)80-42-30-62(31-43-80)71-26-20-59-17-23-68(59)53-71)57-75(56-73)66-38-50-84(51-39-66)87(78-14-8-3-9-15-78)81-44-32-63(33-45-81)72-27-21-60-18-24-69(60)54-72/h1-15,19-21,25-57H,16-18,22-24H2. The summed E-state index contributed by atoms with van der Waals surface area (Å²) in [4.78, 5) is 7.07. The van der Waals surface area contributed by atoms with Crippen molar-refractivity contribution in [1.82, 2.24) is 0 Å². The molecule has 13 aromatic rings. The molecular formula is C84H63N3. The van der Waals surface area contributed by atoms with Gasteiger partial charge in [-0.05, 0) is 266 Å². The molecular weight excluding hydrogens is 1050 g/mol. The van der Waals surface area contributed by atoms with Crippen LogP contribution in [0.4, 0.5) is 51.2 Å². The average Bonchev–Trinajstić information content (AvgIpc) is 3.52. The van der Waals surface area contributed by atoms with Crippen LogP contribution in [0.15, 0.2) is 309 Å². The molecule has 0 radical (unpaired) electrons. The fraction of sp³-hybridized carbons (Fsp3) is 0.0714. The second kappa shape index (κ2) is 22.4. The summed E-state index contributed by atoms with van der Waals surface area (Å²) in [6.07, 6.45) is 7.10. The first-order chi connectivity index (χ1) is 43.0. The van der Waals surface area contributed by atoms with E-state index in [1.165, 1.54) is 105 Å². The Kier molecular flexibility index (Phi) is 13.3. The van der Waals surface area contributed by atoms with E-state index in [1.54, 1.807) is 0 Å². The molecule has 0 aromatic heterocycles. The van der Waals surface area contributed by atoms with Crippen molar-refractivity contribution < 1.29 is 0 Å². The van der Waals surface area contributed by atoms with E-state index in [4.69, 9.17) is 0 Å². The fourth-order valence-electron chi connectivity index (χ4n) is 13.1. The highest BCUT2D eigenvalue weighted by molar-refractivity contribution is 5.87. The fourth-order valence-corrected chi connectivity index (χ4v) is 13.1. The summed E-state index contributed by atoms with van der Waals surface area (Å²) >= 11 is 0. The largest absolute Gasteiger partial charge is 0.311 e. The average molecular weight is 1110 g/mol. The summed E-state index contributed by atoms with van der Waals surface area (Å²) in [5, 5.41) is 0. The Morgan fingerprint density at radius 2 is 0.322 bits per heavy atom. The third-order valence-corrected chi connectivity index (χ3v) is 18.3. The summed E-state index contributed by atoms with van der Waals surface area (Å²) in [7, 11) is 0. The molecule has 87 heavy (non-hydrogen) atoms. The number of hydrogen-bond acceptors (Lipinski definition) is 3. The van der Waals surface area contributed by atoms with Crippen molar-refractivity contribution in [2.24, 2.45) is 0 Å². The monoisotopic (exact) mass is 1110 g/mol. The Hall–Kier alpha value is -10.7. The first kappa shape index (κ1) is 51.9. The Labute approximate surface area is 511 Å². The highest BCUT2D eigenvalue weighted by Gasteiger charge is 2.21. The number of rotatable bonds is 15. The topological polar surface area (TPSA) is 9.72 Å². The van der Waals surface area contributed by atoms with Gasteiger partial charge in [-0.2, -0.15) is 0 Å². The van der Waals surface area contributed by atoms with E-state index in [2.05, 4.69) is 324 Å². The van der Waals surface area contributed by atoms with Gasteiger partial charge in [0.05, 0.1) is 0 Å². The number of para-hydroxylation sites is 3. The van der Waals surface area contributed by atoms with Crippen molar-refractivity contribution in [3.05, 3.63) is 343 Å². The zero-order valence-corrected chi connectivity index (χ0v) is 48.5. The van der Waals surface area contributed by atoms with Crippen LogP contribution < -0.4 is 14.7 Å². The minimum absolute atomic E-state index is 1.09. The Morgan fingerprint density at radius 3 is 0.517 bits per heavy atom. The molecule has 0 unspecified atom stereocenters. The smallest absolute Gasteiger partial charge is 0.0462 e. The van der Waals surface area contributed by atoms with E-state index < -0.39 is 0 Å². The lowest BCUT2D eigenvalue weighted by molar-refractivity contribution is 0.840. The van der Waals surface area contributed by atoms with Gasteiger partial charge in [0, 0.05) is 51.2 Å². The molecule has 0 N–H and O–H groups in total. The molecule has 16 rings (SSSR count). The molecule has 0 bridgehead atoms. The molecule has 3 nitrogen and oxygen atoms in total. The van der Waals surface area contributed by atoms with E-state index in [9.17, 15) is 0 Å². The first-order valence-electron chi connectivity index (χ1n) is 30.7. The van der Waals surface area contributed by atoms with E-state index in [0.29, 0.717) is 0 Å². The molecule has 0 aliphatic heterocycles. The zero-order chi connectivity index (χ0) is 57.6. The Bertz CT molecular complexity index is 4130. The van der Waals surface area contributed by atoms with Gasteiger partial charge >= 0.3 is 0 Å². The maximum Gasteiger partial charge on any atom is 0.0462 e. The van der Waals surface area contributed by atoms with Crippen molar-refractivity contribution in [3.8, 4) is 66.8 Å². The van der Waals surface area contributed by atoms with Crippen LogP contribution in [-0.4, -0.2) is 0 Å². The molecule has 0 amide bonds. The Morgan fingerprint density at radius 1 is 0.138 bits per heavy atom. The lowest BCUT2D eigenvalue weighted by Gasteiger charge is -2.26. The number of benzene rings is 13. The molecule has 13 aromatic carbocycles. The molecule has 3 heteroatoms. The summed E-state index contributed by atoms with van der Waals surface area (Å²) < 4.78 is 0. The third kappa shape index (κ3) is 10.2. The maximum absolute atomic E-state index is 2.37. The predicted octanol–water partition coefficient (Wildman–Crippen LogP) is 22.4. The van der Waals surface area contributed by atoms with Crippen LogP contribution in [0.5, 0.6) is 0 Å². The van der Waals surface area contributed by atoms with Gasteiger partial charge < -0.3 is 14.7 Å². The first-order valence-corrected chi connectivity index (χ1v) is 30.7. The van der Waals surface area contributed by atoms with Crippen LogP contribution >= 0.6 is 0 Å². The zero-order valence-electron chi connectivity index (χ0n) is 48.5. The van der Waals surface area contributed by atoms with Crippen LogP contribution in [0.2, 0.25) is 0 Å². The summed E-state index contributed by atoms with van der Waals surface area (Å²) in [6.45, 7) is 0.